The topological polar surface area (TPSA) is 67.8 Å². The van der Waals surface area contributed by atoms with Crippen LogP contribution in [0.2, 0.25) is 0 Å². The number of hydrogen-bond donors (Lipinski definition) is 3. The second kappa shape index (κ2) is 10.1. The minimum absolute atomic E-state index is 0.0574. The number of anilines is 1. The van der Waals surface area contributed by atoms with Gasteiger partial charge in [0.05, 0.1) is 0 Å². The molecule has 1 aromatic carbocycles. The van der Waals surface area contributed by atoms with Gasteiger partial charge in [0, 0.05) is 59.1 Å². The predicted molar refractivity (Wildman–Crippen MR) is 94.8 cm³/mol. The molecule has 1 heterocycles. The number of urea groups is 1. The zero-order chi connectivity index (χ0) is 17.2. The fourth-order valence-corrected chi connectivity index (χ4v) is 2.81. The average molecular weight is 322 g/mol. The number of amides is 2. The maximum atomic E-state index is 11.6. The highest BCUT2D eigenvalue weighted by Gasteiger charge is 2.24. The van der Waals surface area contributed by atoms with Crippen molar-refractivity contribution in [1.29, 1.82) is 0 Å². The molecule has 0 aromatic heterocycles. The van der Waals surface area contributed by atoms with E-state index in [0.717, 1.165) is 33.2 Å². The molecule has 130 valence electrons. The average Bonchev–Trinajstić information content (AvgIpc) is 2.97. The van der Waals surface area contributed by atoms with Gasteiger partial charge >= 0.3 is 6.03 Å². The predicted octanol–water partition coefficient (Wildman–Crippen LogP) is 1.25. The molecule has 0 bridgehead atoms. The fraction of sp³-hybridized carbons (Fsp3) is 0.588. The number of hydrogen-bond acceptors (Lipinski definition) is 4. The zero-order valence-corrected chi connectivity index (χ0v) is 14.7. The lowest BCUT2D eigenvalue weighted by atomic mass is 10.1. The van der Waals surface area contributed by atoms with E-state index < -0.39 is 0 Å². The van der Waals surface area contributed by atoms with Crippen LogP contribution in [0, 0.1) is 0 Å². The zero-order valence-electron chi connectivity index (χ0n) is 14.7. The van der Waals surface area contributed by atoms with Crippen LogP contribution < -0.4 is 15.5 Å². The maximum Gasteiger partial charge on any atom is 0.315 e. The molecule has 1 unspecified atom stereocenters. The molecule has 6 nitrogen and oxygen atoms in total. The van der Waals surface area contributed by atoms with Gasteiger partial charge in [0.25, 0.3) is 0 Å². The van der Waals surface area contributed by atoms with Crippen LogP contribution in [0.5, 0.6) is 0 Å². The normalized spacial score (nSPS) is 17.2. The Labute approximate surface area is 139 Å². The number of aliphatic hydroxyl groups is 1. The smallest absolute Gasteiger partial charge is 0.315 e. The van der Waals surface area contributed by atoms with Gasteiger partial charge in [-0.25, -0.2) is 4.79 Å². The molecule has 1 fully saturated rings. The van der Waals surface area contributed by atoms with Crippen LogP contribution in [0.1, 0.15) is 18.9 Å². The summed E-state index contributed by atoms with van der Waals surface area (Å²) in [5.74, 6) is 0. The molecule has 1 aromatic rings. The Morgan fingerprint density at radius 1 is 1.35 bits per heavy atom. The number of nitrogens with one attached hydrogen (secondary N) is 2. The van der Waals surface area contributed by atoms with E-state index in [1.807, 2.05) is 6.92 Å². The van der Waals surface area contributed by atoms with Gasteiger partial charge in [-0.1, -0.05) is 18.2 Å². The van der Waals surface area contributed by atoms with Crippen molar-refractivity contribution in [3.63, 3.8) is 0 Å². The standard InChI is InChI=1S/C16H26N4O.CH4O/c1-4-17-16(21)18-14-9-10-20(12-14)11-13-7-5-6-8-15(13)19(2)3;1-2/h5-8,14H,4,9-12H2,1-3H3,(H2,17,18,21);2H,1H3. The molecule has 2 amide bonds. The van der Waals surface area contributed by atoms with Gasteiger partial charge in [-0.05, 0) is 25.0 Å². The number of rotatable bonds is 5. The maximum absolute atomic E-state index is 11.6. The van der Waals surface area contributed by atoms with Gasteiger partial charge < -0.3 is 20.6 Å². The number of likely N-dealkylation sites (tertiary alicyclic amines) is 1. The third-order valence-corrected chi connectivity index (χ3v) is 3.81. The van der Waals surface area contributed by atoms with Gasteiger partial charge in [0.1, 0.15) is 0 Å². The molecule has 0 spiro atoms. The highest BCUT2D eigenvalue weighted by Crippen LogP contribution is 2.21. The first-order valence-electron chi connectivity index (χ1n) is 8.06. The minimum Gasteiger partial charge on any atom is -0.400 e. The van der Waals surface area contributed by atoms with Crippen molar-refractivity contribution in [1.82, 2.24) is 15.5 Å². The van der Waals surface area contributed by atoms with Gasteiger partial charge in [0.2, 0.25) is 0 Å². The third kappa shape index (κ3) is 6.08. The molecule has 2 rings (SSSR count). The van der Waals surface area contributed by atoms with E-state index in [1.54, 1.807) is 0 Å². The van der Waals surface area contributed by atoms with Crippen LogP contribution in [0.25, 0.3) is 0 Å². The highest BCUT2D eigenvalue weighted by molar-refractivity contribution is 5.74. The number of benzene rings is 1. The van der Waals surface area contributed by atoms with Crippen LogP contribution in [-0.4, -0.2) is 62.9 Å². The second-order valence-corrected chi connectivity index (χ2v) is 5.75. The van der Waals surface area contributed by atoms with E-state index in [9.17, 15) is 4.79 Å². The van der Waals surface area contributed by atoms with Gasteiger partial charge in [-0.15, -0.1) is 0 Å². The van der Waals surface area contributed by atoms with Crippen molar-refractivity contribution in [2.24, 2.45) is 0 Å². The van der Waals surface area contributed by atoms with Crippen molar-refractivity contribution in [3.05, 3.63) is 29.8 Å². The summed E-state index contributed by atoms with van der Waals surface area (Å²) in [4.78, 5) is 16.1. The van der Waals surface area contributed by atoms with E-state index in [4.69, 9.17) is 5.11 Å². The van der Waals surface area contributed by atoms with Crippen molar-refractivity contribution in [2.75, 3.05) is 45.7 Å². The fourth-order valence-electron chi connectivity index (χ4n) is 2.81. The SMILES string of the molecule is CCNC(=O)NC1CCN(Cc2ccccc2N(C)C)C1.CO. The Kier molecular flexibility index (Phi) is 8.43. The number of carbonyl (C=O) groups is 1. The van der Waals surface area contributed by atoms with Crippen molar-refractivity contribution >= 4 is 11.7 Å². The Morgan fingerprint density at radius 2 is 2.04 bits per heavy atom. The van der Waals surface area contributed by atoms with Gasteiger partial charge in [-0.3, -0.25) is 4.90 Å². The molecular formula is C17H30N4O2. The number of aliphatic hydroxyl groups excluding tert-OH is 1. The molecule has 1 aliphatic heterocycles. The van der Waals surface area contributed by atoms with Crippen molar-refractivity contribution in [2.45, 2.75) is 25.9 Å². The largest absolute Gasteiger partial charge is 0.400 e. The lowest BCUT2D eigenvalue weighted by Crippen LogP contribution is -2.43. The summed E-state index contributed by atoms with van der Waals surface area (Å²) in [5.41, 5.74) is 2.60. The van der Waals surface area contributed by atoms with Crippen molar-refractivity contribution < 1.29 is 9.90 Å². The molecule has 0 radical (unpaired) electrons. The Balaban J connectivity index is 0.00000127. The van der Waals surface area contributed by atoms with E-state index in [2.05, 4.69) is 58.8 Å². The van der Waals surface area contributed by atoms with Crippen LogP contribution in [0.3, 0.4) is 0 Å². The van der Waals surface area contributed by atoms with Crippen LogP contribution in [0.15, 0.2) is 24.3 Å². The summed E-state index contributed by atoms with van der Waals surface area (Å²) < 4.78 is 0. The molecule has 0 saturated carbocycles. The summed E-state index contributed by atoms with van der Waals surface area (Å²) in [6.45, 7) is 5.47. The van der Waals surface area contributed by atoms with E-state index in [-0.39, 0.29) is 12.1 Å². The monoisotopic (exact) mass is 322 g/mol. The number of carbonyl (C=O) groups excluding carboxylic acids is 1. The first-order valence-corrected chi connectivity index (χ1v) is 8.06. The highest BCUT2D eigenvalue weighted by atomic mass is 16.2. The Hall–Kier alpha value is -1.79. The van der Waals surface area contributed by atoms with Gasteiger partial charge in [0.15, 0.2) is 0 Å². The lowest BCUT2D eigenvalue weighted by Gasteiger charge is -2.22. The summed E-state index contributed by atoms with van der Waals surface area (Å²) >= 11 is 0. The summed E-state index contributed by atoms with van der Waals surface area (Å²) in [7, 11) is 5.14. The Morgan fingerprint density at radius 3 is 2.70 bits per heavy atom. The van der Waals surface area contributed by atoms with E-state index >= 15 is 0 Å². The van der Waals surface area contributed by atoms with Crippen LogP contribution in [0.4, 0.5) is 10.5 Å². The second-order valence-electron chi connectivity index (χ2n) is 5.75. The van der Waals surface area contributed by atoms with E-state index in [0.29, 0.717) is 6.54 Å². The quantitative estimate of drug-likeness (QED) is 0.763. The van der Waals surface area contributed by atoms with Gasteiger partial charge in [-0.2, -0.15) is 0 Å². The summed E-state index contributed by atoms with van der Waals surface area (Å²) in [6, 6.07) is 8.68. The van der Waals surface area contributed by atoms with Crippen LogP contribution >= 0.6 is 0 Å². The van der Waals surface area contributed by atoms with E-state index in [1.165, 1.54) is 11.3 Å². The molecule has 3 N–H and O–H groups in total. The first-order chi connectivity index (χ1) is 11.1. The third-order valence-electron chi connectivity index (χ3n) is 3.81. The number of para-hydroxylation sites is 1. The molecule has 1 atom stereocenters. The number of nitrogens with zero attached hydrogens (tertiary/aromatic N) is 2. The summed E-state index contributed by atoms with van der Waals surface area (Å²) in [6.07, 6.45) is 1.02. The molecule has 23 heavy (non-hydrogen) atoms. The molecular weight excluding hydrogens is 292 g/mol. The first kappa shape index (κ1) is 19.3. The lowest BCUT2D eigenvalue weighted by molar-refractivity contribution is 0.236. The van der Waals surface area contributed by atoms with Crippen LogP contribution in [-0.2, 0) is 6.54 Å². The molecule has 6 heteroatoms. The Bertz CT molecular complexity index is 479. The molecule has 0 aliphatic carbocycles. The molecule has 1 saturated heterocycles. The van der Waals surface area contributed by atoms with Crippen molar-refractivity contribution in [3.8, 4) is 0 Å². The summed E-state index contributed by atoms with van der Waals surface area (Å²) in [5, 5.41) is 12.8. The minimum atomic E-state index is -0.0574. The molecule has 1 aliphatic rings.